The van der Waals surface area contributed by atoms with Gasteiger partial charge in [0.05, 0.1) is 0 Å². The lowest BCUT2D eigenvalue weighted by molar-refractivity contribution is 0.330. The van der Waals surface area contributed by atoms with Crippen LogP contribution in [0.4, 0.5) is 0 Å². The second-order valence-corrected chi connectivity index (χ2v) is 6.15. The van der Waals surface area contributed by atoms with E-state index in [4.69, 9.17) is 4.52 Å². The second-order valence-electron chi connectivity index (χ2n) is 6.15. The Morgan fingerprint density at radius 3 is 2.74 bits per heavy atom. The zero-order chi connectivity index (χ0) is 13.5. The Kier molecular flexibility index (Phi) is 5.87. The Bertz CT molecular complexity index is 355. The Balaban J connectivity index is 1.80. The van der Waals surface area contributed by atoms with Crippen molar-refractivity contribution in [3.05, 3.63) is 11.7 Å². The summed E-state index contributed by atoms with van der Waals surface area (Å²) in [6.07, 6.45) is 12.9. The molecule has 0 spiro atoms. The third kappa shape index (κ3) is 4.63. The summed E-state index contributed by atoms with van der Waals surface area (Å²) in [5.74, 6) is 2.99. The first-order valence-corrected chi connectivity index (χ1v) is 8.12. The highest BCUT2D eigenvalue weighted by Gasteiger charge is 2.19. The van der Waals surface area contributed by atoms with Crippen LogP contribution < -0.4 is 0 Å². The second kappa shape index (κ2) is 7.66. The molecule has 0 aromatic carbocycles. The summed E-state index contributed by atoms with van der Waals surface area (Å²) >= 11 is 0. The largest absolute Gasteiger partial charge is 0.339 e. The smallest absolute Gasteiger partial charge is 0.229 e. The minimum atomic E-state index is 0.416. The van der Waals surface area contributed by atoms with Crippen molar-refractivity contribution in [3.8, 4) is 0 Å². The summed E-state index contributed by atoms with van der Waals surface area (Å²) < 4.78 is 5.44. The standard InChI is InChI=1S/C16H28N2O/c1-3-4-6-9-13(2)16-17-15(18-19-16)12-14-10-7-5-8-11-14/h13-14H,3-12H2,1-2H3/t13-/m0/s1. The molecule has 0 aliphatic heterocycles. The zero-order valence-electron chi connectivity index (χ0n) is 12.5. The molecule has 1 heterocycles. The minimum Gasteiger partial charge on any atom is -0.339 e. The molecule has 1 saturated carbocycles. The van der Waals surface area contributed by atoms with Gasteiger partial charge in [-0.05, 0) is 12.3 Å². The predicted molar refractivity (Wildman–Crippen MR) is 77.1 cm³/mol. The molecule has 1 aromatic heterocycles. The van der Waals surface area contributed by atoms with E-state index in [0.717, 1.165) is 24.1 Å². The van der Waals surface area contributed by atoms with Crippen molar-refractivity contribution in [3.63, 3.8) is 0 Å². The molecule has 1 aliphatic carbocycles. The van der Waals surface area contributed by atoms with Crippen molar-refractivity contribution in [2.75, 3.05) is 0 Å². The predicted octanol–water partition coefficient (Wildman–Crippen LogP) is 4.88. The van der Waals surface area contributed by atoms with E-state index in [-0.39, 0.29) is 0 Å². The van der Waals surface area contributed by atoms with E-state index < -0.39 is 0 Å². The van der Waals surface area contributed by atoms with Crippen LogP contribution in [0.15, 0.2) is 4.52 Å². The van der Waals surface area contributed by atoms with E-state index in [1.807, 2.05) is 0 Å². The molecule has 3 heteroatoms. The van der Waals surface area contributed by atoms with Crippen LogP contribution in [-0.2, 0) is 6.42 Å². The van der Waals surface area contributed by atoms with E-state index in [1.165, 1.54) is 57.8 Å². The highest BCUT2D eigenvalue weighted by molar-refractivity contribution is 4.93. The van der Waals surface area contributed by atoms with Gasteiger partial charge >= 0.3 is 0 Å². The van der Waals surface area contributed by atoms with Crippen LogP contribution in [0.2, 0.25) is 0 Å². The molecule has 0 amide bonds. The molecular weight excluding hydrogens is 236 g/mol. The summed E-state index contributed by atoms with van der Waals surface area (Å²) in [5.41, 5.74) is 0. The van der Waals surface area contributed by atoms with Crippen LogP contribution in [0.3, 0.4) is 0 Å². The number of nitrogens with zero attached hydrogens (tertiary/aromatic N) is 2. The van der Waals surface area contributed by atoms with Crippen molar-refractivity contribution in [1.29, 1.82) is 0 Å². The molecule has 1 aliphatic rings. The van der Waals surface area contributed by atoms with E-state index in [0.29, 0.717) is 5.92 Å². The molecule has 0 saturated heterocycles. The molecule has 2 rings (SSSR count). The molecular formula is C16H28N2O. The fourth-order valence-electron chi connectivity index (χ4n) is 3.02. The average Bonchev–Trinajstić information content (AvgIpc) is 2.89. The highest BCUT2D eigenvalue weighted by Crippen LogP contribution is 2.27. The van der Waals surface area contributed by atoms with Gasteiger partial charge in [-0.1, -0.05) is 70.4 Å². The Morgan fingerprint density at radius 2 is 2.00 bits per heavy atom. The number of hydrogen-bond acceptors (Lipinski definition) is 3. The minimum absolute atomic E-state index is 0.416. The van der Waals surface area contributed by atoms with Gasteiger partial charge in [0.1, 0.15) is 0 Å². The third-order valence-electron chi connectivity index (χ3n) is 4.34. The first-order valence-electron chi connectivity index (χ1n) is 8.12. The summed E-state index contributed by atoms with van der Waals surface area (Å²) in [7, 11) is 0. The lowest BCUT2D eigenvalue weighted by Crippen LogP contribution is -2.10. The molecule has 1 fully saturated rings. The molecule has 0 unspecified atom stereocenters. The fourth-order valence-corrected chi connectivity index (χ4v) is 3.02. The monoisotopic (exact) mass is 264 g/mol. The van der Waals surface area contributed by atoms with Gasteiger partial charge in [0.25, 0.3) is 0 Å². The first-order chi connectivity index (χ1) is 9.29. The van der Waals surface area contributed by atoms with Crippen LogP contribution in [0.25, 0.3) is 0 Å². The Labute approximate surface area is 117 Å². The van der Waals surface area contributed by atoms with Crippen LogP contribution in [0, 0.1) is 5.92 Å². The highest BCUT2D eigenvalue weighted by atomic mass is 16.5. The Morgan fingerprint density at radius 1 is 1.21 bits per heavy atom. The number of aromatic nitrogens is 2. The summed E-state index contributed by atoms with van der Waals surface area (Å²) in [6, 6.07) is 0. The van der Waals surface area contributed by atoms with E-state index in [9.17, 15) is 0 Å². The van der Waals surface area contributed by atoms with Gasteiger partial charge in [-0.15, -0.1) is 0 Å². The zero-order valence-corrected chi connectivity index (χ0v) is 12.5. The van der Waals surface area contributed by atoms with Gasteiger partial charge in [0.15, 0.2) is 5.82 Å². The van der Waals surface area contributed by atoms with Gasteiger partial charge in [0.2, 0.25) is 5.89 Å². The topological polar surface area (TPSA) is 38.9 Å². The summed E-state index contributed by atoms with van der Waals surface area (Å²) in [5, 5.41) is 4.17. The van der Waals surface area contributed by atoms with E-state index >= 15 is 0 Å². The van der Waals surface area contributed by atoms with Crippen molar-refractivity contribution in [2.24, 2.45) is 5.92 Å². The van der Waals surface area contributed by atoms with Crippen LogP contribution in [0.1, 0.15) is 89.3 Å². The molecule has 19 heavy (non-hydrogen) atoms. The molecule has 3 nitrogen and oxygen atoms in total. The maximum atomic E-state index is 5.44. The molecule has 108 valence electrons. The first kappa shape index (κ1) is 14.5. The van der Waals surface area contributed by atoms with Crippen LogP contribution >= 0.6 is 0 Å². The quantitative estimate of drug-likeness (QED) is 0.659. The number of unbranched alkanes of at least 4 members (excludes halogenated alkanes) is 2. The molecule has 0 radical (unpaired) electrons. The van der Waals surface area contributed by atoms with Crippen molar-refractivity contribution in [1.82, 2.24) is 10.1 Å². The van der Waals surface area contributed by atoms with Gasteiger partial charge in [0, 0.05) is 12.3 Å². The van der Waals surface area contributed by atoms with Crippen LogP contribution in [-0.4, -0.2) is 10.1 Å². The maximum Gasteiger partial charge on any atom is 0.229 e. The molecule has 0 N–H and O–H groups in total. The van der Waals surface area contributed by atoms with Crippen molar-refractivity contribution in [2.45, 2.75) is 84.0 Å². The summed E-state index contributed by atoms with van der Waals surface area (Å²) in [6.45, 7) is 4.44. The SMILES string of the molecule is CCCCC[C@H](C)c1nc(CC2CCCCC2)no1. The Hall–Kier alpha value is -0.860. The lowest BCUT2D eigenvalue weighted by Gasteiger charge is -2.19. The normalized spacial score (nSPS) is 18.6. The molecule has 0 bridgehead atoms. The van der Waals surface area contributed by atoms with Crippen molar-refractivity contribution < 1.29 is 4.52 Å². The molecule has 1 aromatic rings. The number of hydrogen-bond donors (Lipinski definition) is 0. The number of rotatable bonds is 7. The average molecular weight is 264 g/mol. The van der Waals surface area contributed by atoms with Gasteiger partial charge in [-0.2, -0.15) is 4.98 Å². The maximum absolute atomic E-state index is 5.44. The van der Waals surface area contributed by atoms with Gasteiger partial charge in [-0.3, -0.25) is 0 Å². The van der Waals surface area contributed by atoms with E-state index in [1.54, 1.807) is 0 Å². The van der Waals surface area contributed by atoms with Gasteiger partial charge < -0.3 is 4.52 Å². The summed E-state index contributed by atoms with van der Waals surface area (Å²) in [4.78, 5) is 4.61. The lowest BCUT2D eigenvalue weighted by atomic mass is 9.87. The van der Waals surface area contributed by atoms with E-state index in [2.05, 4.69) is 24.0 Å². The molecule has 1 atom stereocenters. The van der Waals surface area contributed by atoms with Gasteiger partial charge in [-0.25, -0.2) is 0 Å². The van der Waals surface area contributed by atoms with Crippen LogP contribution in [0.5, 0.6) is 0 Å². The fraction of sp³-hybridized carbons (Fsp3) is 0.875. The van der Waals surface area contributed by atoms with Crippen molar-refractivity contribution >= 4 is 0 Å². The third-order valence-corrected chi connectivity index (χ3v) is 4.34.